The summed E-state index contributed by atoms with van der Waals surface area (Å²) in [5.74, 6) is 0. The van der Waals surface area contributed by atoms with Gasteiger partial charge in [-0.2, -0.15) is 10.2 Å². The molecule has 0 saturated carbocycles. The molecule has 0 fully saturated rings. The highest BCUT2D eigenvalue weighted by Gasteiger charge is 2.25. The minimum Gasteiger partial charge on any atom is -0.241 e. The van der Waals surface area contributed by atoms with Gasteiger partial charge in [-0.25, -0.2) is 14.0 Å². The van der Waals surface area contributed by atoms with Crippen molar-refractivity contribution in [2.45, 2.75) is 51.9 Å². The quantitative estimate of drug-likeness (QED) is 0.558. The summed E-state index contributed by atoms with van der Waals surface area (Å²) in [6, 6.07) is 10.7. The molecule has 4 aromatic rings. The van der Waals surface area contributed by atoms with Crippen LogP contribution < -0.4 is 0 Å². The highest BCUT2D eigenvalue weighted by atomic mass is 15.3. The summed E-state index contributed by atoms with van der Waals surface area (Å²) in [6.07, 6.45) is 6.47. The van der Waals surface area contributed by atoms with Crippen molar-refractivity contribution in [3.8, 4) is 0 Å². The summed E-state index contributed by atoms with van der Waals surface area (Å²) in [4.78, 5) is 4.52. The van der Waals surface area contributed by atoms with Crippen molar-refractivity contribution >= 4 is 11.2 Å². The van der Waals surface area contributed by atoms with Crippen molar-refractivity contribution in [1.29, 1.82) is 0 Å². The minimum atomic E-state index is -0.0533. The van der Waals surface area contributed by atoms with Crippen LogP contribution in [-0.2, 0) is 17.3 Å². The van der Waals surface area contributed by atoms with Crippen LogP contribution in [0.5, 0.6) is 0 Å². The average Bonchev–Trinajstić information content (AvgIpc) is 3.22. The molecule has 4 rings (SSSR count). The average molecular weight is 347 g/mol. The number of hydrogen-bond acceptors (Lipinski definition) is 3. The predicted molar refractivity (Wildman–Crippen MR) is 104 cm³/mol. The molecule has 0 radical (unpaired) electrons. The van der Waals surface area contributed by atoms with E-state index in [2.05, 4.69) is 80.3 Å². The SMILES string of the molecule is CC(C)(C)c1ccc(CC(C)(C)c2ccc3ccnn3c2)n2ncnc12. The second kappa shape index (κ2) is 5.66. The number of aromatic nitrogens is 5. The Bertz CT molecular complexity index is 1080. The maximum absolute atomic E-state index is 4.52. The Kier molecular flexibility index (Phi) is 3.65. The van der Waals surface area contributed by atoms with E-state index in [-0.39, 0.29) is 10.8 Å². The van der Waals surface area contributed by atoms with E-state index in [1.165, 1.54) is 11.1 Å². The number of hydrogen-bond donors (Lipinski definition) is 0. The van der Waals surface area contributed by atoms with Gasteiger partial charge >= 0.3 is 0 Å². The van der Waals surface area contributed by atoms with E-state index in [9.17, 15) is 0 Å². The van der Waals surface area contributed by atoms with E-state index < -0.39 is 0 Å². The lowest BCUT2D eigenvalue weighted by Gasteiger charge is -2.26. The zero-order chi connectivity index (χ0) is 18.5. The van der Waals surface area contributed by atoms with Gasteiger partial charge < -0.3 is 0 Å². The van der Waals surface area contributed by atoms with Crippen LogP contribution in [0.1, 0.15) is 51.4 Å². The second-order valence-corrected chi connectivity index (χ2v) is 8.66. The van der Waals surface area contributed by atoms with Gasteiger partial charge in [0.2, 0.25) is 0 Å². The van der Waals surface area contributed by atoms with Crippen LogP contribution in [0.2, 0.25) is 0 Å². The first kappa shape index (κ1) is 16.8. The lowest BCUT2D eigenvalue weighted by molar-refractivity contribution is 0.503. The predicted octanol–water partition coefficient (Wildman–Crippen LogP) is 4.19. The summed E-state index contributed by atoms with van der Waals surface area (Å²) in [5, 5.41) is 8.87. The van der Waals surface area contributed by atoms with E-state index in [0.717, 1.165) is 23.3 Å². The standard InChI is InChI=1S/C21H25N5/c1-20(2,3)18-9-8-17(26-19(18)22-14-24-26)12-21(4,5)15-6-7-16-10-11-23-25(16)13-15/h6-11,13-14H,12H2,1-5H3. The molecule has 0 aliphatic carbocycles. The fourth-order valence-corrected chi connectivity index (χ4v) is 3.55. The van der Waals surface area contributed by atoms with Gasteiger partial charge in [0.05, 0.1) is 5.52 Å². The van der Waals surface area contributed by atoms with Crippen LogP contribution in [-0.4, -0.2) is 24.2 Å². The van der Waals surface area contributed by atoms with Crippen molar-refractivity contribution < 1.29 is 0 Å². The molecule has 0 aliphatic heterocycles. The third kappa shape index (κ3) is 2.77. The highest BCUT2D eigenvalue weighted by molar-refractivity contribution is 5.52. The van der Waals surface area contributed by atoms with E-state index in [1.54, 1.807) is 6.33 Å². The Labute approximate surface area is 153 Å². The smallest absolute Gasteiger partial charge is 0.159 e. The monoisotopic (exact) mass is 347 g/mol. The Balaban J connectivity index is 1.75. The molecule has 4 aromatic heterocycles. The first-order valence-corrected chi connectivity index (χ1v) is 9.02. The zero-order valence-electron chi connectivity index (χ0n) is 16.1. The molecular weight excluding hydrogens is 322 g/mol. The Hall–Kier alpha value is -2.69. The van der Waals surface area contributed by atoms with Gasteiger partial charge in [0.25, 0.3) is 0 Å². The molecule has 5 heteroatoms. The van der Waals surface area contributed by atoms with Gasteiger partial charge in [0.15, 0.2) is 5.65 Å². The van der Waals surface area contributed by atoms with Crippen LogP contribution >= 0.6 is 0 Å². The molecule has 0 aromatic carbocycles. The molecular formula is C21H25N5. The molecule has 0 atom stereocenters. The molecule has 26 heavy (non-hydrogen) atoms. The maximum Gasteiger partial charge on any atom is 0.159 e. The number of nitrogens with zero attached hydrogens (tertiary/aromatic N) is 5. The molecule has 0 N–H and O–H groups in total. The molecule has 0 unspecified atom stereocenters. The molecule has 4 heterocycles. The lowest BCUT2D eigenvalue weighted by atomic mass is 9.80. The van der Waals surface area contributed by atoms with E-state index in [4.69, 9.17) is 0 Å². The summed E-state index contributed by atoms with van der Waals surface area (Å²) in [6.45, 7) is 11.1. The van der Waals surface area contributed by atoms with Crippen LogP contribution in [0.4, 0.5) is 0 Å². The third-order valence-electron chi connectivity index (χ3n) is 5.11. The molecule has 0 spiro atoms. The second-order valence-electron chi connectivity index (χ2n) is 8.66. The summed E-state index contributed by atoms with van der Waals surface area (Å²) >= 11 is 0. The van der Waals surface area contributed by atoms with Gasteiger partial charge in [-0.1, -0.05) is 46.8 Å². The molecule has 0 aliphatic rings. The van der Waals surface area contributed by atoms with Gasteiger partial charge in [0, 0.05) is 23.7 Å². The minimum absolute atomic E-state index is 0.0352. The van der Waals surface area contributed by atoms with Crippen molar-refractivity contribution in [3.05, 3.63) is 65.9 Å². The third-order valence-corrected chi connectivity index (χ3v) is 5.11. The lowest BCUT2D eigenvalue weighted by Crippen LogP contribution is -2.23. The fraction of sp³-hybridized carbons (Fsp3) is 0.381. The van der Waals surface area contributed by atoms with Crippen LogP contribution in [0.25, 0.3) is 11.2 Å². The van der Waals surface area contributed by atoms with Crippen molar-refractivity contribution in [1.82, 2.24) is 24.2 Å². The molecule has 5 nitrogen and oxygen atoms in total. The number of rotatable bonds is 3. The van der Waals surface area contributed by atoms with Crippen LogP contribution in [0, 0.1) is 0 Å². The van der Waals surface area contributed by atoms with Crippen LogP contribution in [0.3, 0.4) is 0 Å². The topological polar surface area (TPSA) is 47.5 Å². The summed E-state index contributed by atoms with van der Waals surface area (Å²) in [5.41, 5.74) is 5.67. The van der Waals surface area contributed by atoms with Crippen LogP contribution in [0.15, 0.2) is 49.1 Å². The largest absolute Gasteiger partial charge is 0.241 e. The zero-order valence-corrected chi connectivity index (χ0v) is 16.1. The van der Waals surface area contributed by atoms with Gasteiger partial charge in [-0.3, -0.25) is 0 Å². The van der Waals surface area contributed by atoms with Crippen molar-refractivity contribution in [3.63, 3.8) is 0 Å². The molecule has 0 saturated heterocycles. The number of fused-ring (bicyclic) bond motifs is 2. The van der Waals surface area contributed by atoms with Crippen molar-refractivity contribution in [2.24, 2.45) is 0 Å². The van der Waals surface area contributed by atoms with Gasteiger partial charge in [0.1, 0.15) is 6.33 Å². The first-order valence-electron chi connectivity index (χ1n) is 9.02. The first-order chi connectivity index (χ1) is 12.3. The highest BCUT2D eigenvalue weighted by Crippen LogP contribution is 2.31. The van der Waals surface area contributed by atoms with Gasteiger partial charge in [-0.15, -0.1) is 0 Å². The molecule has 134 valence electrons. The van der Waals surface area contributed by atoms with Crippen molar-refractivity contribution in [2.75, 3.05) is 0 Å². The van der Waals surface area contributed by atoms with E-state index in [1.807, 2.05) is 21.3 Å². The Morgan fingerprint density at radius 1 is 0.923 bits per heavy atom. The summed E-state index contributed by atoms with van der Waals surface area (Å²) in [7, 11) is 0. The molecule has 0 bridgehead atoms. The summed E-state index contributed by atoms with van der Waals surface area (Å²) < 4.78 is 3.93. The molecule has 0 amide bonds. The van der Waals surface area contributed by atoms with E-state index in [0.29, 0.717) is 0 Å². The van der Waals surface area contributed by atoms with E-state index >= 15 is 0 Å². The maximum atomic E-state index is 4.52. The fourth-order valence-electron chi connectivity index (χ4n) is 3.55. The normalized spacial score (nSPS) is 13.0. The van der Waals surface area contributed by atoms with Gasteiger partial charge in [-0.05, 0) is 41.0 Å². The number of pyridine rings is 2. The Morgan fingerprint density at radius 3 is 2.50 bits per heavy atom. The Morgan fingerprint density at radius 2 is 1.73 bits per heavy atom.